The molecule has 1 amide bonds. The summed E-state index contributed by atoms with van der Waals surface area (Å²) in [5.41, 5.74) is 7.03. The molecule has 8 nitrogen and oxygen atoms in total. The zero-order valence-corrected chi connectivity index (χ0v) is 17.6. The minimum Gasteiger partial charge on any atom is -0.478 e. The first-order chi connectivity index (χ1) is 15.2. The number of carboxylic acid groups (broad SMARTS) is 1. The van der Waals surface area contributed by atoms with E-state index < -0.39 is 21.9 Å². The molecule has 0 aliphatic rings. The first kappa shape index (κ1) is 22.7. The van der Waals surface area contributed by atoms with Crippen LogP contribution in [0.3, 0.4) is 0 Å². The number of primary amides is 1. The Hall–Kier alpha value is -4.00. The molecule has 3 N–H and O–H groups in total. The largest absolute Gasteiger partial charge is 0.478 e. The van der Waals surface area contributed by atoms with E-state index >= 15 is 0 Å². The molecule has 32 heavy (non-hydrogen) atoms. The summed E-state index contributed by atoms with van der Waals surface area (Å²) in [6.07, 6.45) is 0. The van der Waals surface area contributed by atoms with Gasteiger partial charge in [0.15, 0.2) is 0 Å². The number of aromatic carboxylic acids is 1. The summed E-state index contributed by atoms with van der Waals surface area (Å²) in [5, 5.41) is 18.1. The molecule has 3 aromatic rings. The molecule has 0 aromatic heterocycles. The van der Waals surface area contributed by atoms with Gasteiger partial charge < -0.3 is 10.8 Å². The lowest BCUT2D eigenvalue weighted by molar-refractivity contribution is 0.0696. The third-order valence-corrected chi connectivity index (χ3v) is 6.62. The molecule has 0 atom stereocenters. The topological polar surface area (TPSA) is 142 Å². The van der Waals surface area contributed by atoms with E-state index in [-0.39, 0.29) is 29.1 Å². The number of carboxylic acids is 1. The Morgan fingerprint density at radius 3 is 2.12 bits per heavy atom. The highest BCUT2D eigenvalue weighted by Crippen LogP contribution is 2.23. The maximum Gasteiger partial charge on any atom is 0.335 e. The van der Waals surface area contributed by atoms with Crippen molar-refractivity contribution in [3.63, 3.8) is 0 Å². The molecule has 9 heteroatoms. The van der Waals surface area contributed by atoms with Crippen LogP contribution in [0.25, 0.3) is 0 Å². The minimum absolute atomic E-state index is 0.0183. The molecule has 3 rings (SSSR count). The number of rotatable bonds is 8. The monoisotopic (exact) mass is 449 g/mol. The Bertz CT molecular complexity index is 1290. The SMILES string of the molecule is N#Cc1ccc(S(=O)(=O)N(Cc2ccc(C(=O)O)cc2)Cc2ccccc2C(N)=O)cc1. The number of amides is 1. The zero-order chi connectivity index (χ0) is 23.3. The molecule has 0 aliphatic carbocycles. The van der Waals surface area contributed by atoms with E-state index in [1.807, 2.05) is 6.07 Å². The Morgan fingerprint density at radius 2 is 1.56 bits per heavy atom. The predicted octanol–water partition coefficient (Wildman–Crippen LogP) is 2.75. The van der Waals surface area contributed by atoms with E-state index in [0.29, 0.717) is 16.7 Å². The lowest BCUT2D eigenvalue weighted by atomic mass is 10.1. The first-order valence-corrected chi connectivity index (χ1v) is 10.9. The standard InChI is InChI=1S/C23H19N3O5S/c24-13-16-7-11-20(12-8-16)32(30,31)26(14-17-5-9-18(10-6-17)23(28)29)15-19-3-1-2-4-21(19)22(25)27/h1-12H,14-15H2,(H2,25,27)(H,28,29). The van der Waals surface area contributed by atoms with Gasteiger partial charge in [0, 0.05) is 18.7 Å². The van der Waals surface area contributed by atoms with Crippen molar-refractivity contribution in [3.8, 4) is 6.07 Å². The van der Waals surface area contributed by atoms with Gasteiger partial charge in [0.2, 0.25) is 15.9 Å². The van der Waals surface area contributed by atoms with Crippen molar-refractivity contribution in [2.75, 3.05) is 0 Å². The van der Waals surface area contributed by atoms with Crippen molar-refractivity contribution in [1.29, 1.82) is 5.26 Å². The van der Waals surface area contributed by atoms with Crippen LogP contribution in [0.2, 0.25) is 0 Å². The van der Waals surface area contributed by atoms with Crippen LogP contribution in [-0.4, -0.2) is 29.7 Å². The van der Waals surface area contributed by atoms with Crippen LogP contribution in [0.5, 0.6) is 0 Å². The number of benzene rings is 3. The molecule has 0 unspecified atom stereocenters. The lowest BCUT2D eigenvalue weighted by Gasteiger charge is -2.23. The number of sulfonamides is 1. The summed E-state index contributed by atoms with van der Waals surface area (Å²) in [4.78, 5) is 22.9. The summed E-state index contributed by atoms with van der Waals surface area (Å²) in [6.45, 7) is -0.211. The quantitative estimate of drug-likeness (QED) is 0.541. The van der Waals surface area contributed by atoms with Crippen molar-refractivity contribution < 1.29 is 23.1 Å². The predicted molar refractivity (Wildman–Crippen MR) is 116 cm³/mol. The zero-order valence-electron chi connectivity index (χ0n) is 16.8. The number of nitrogens with two attached hydrogens (primary N) is 1. The van der Waals surface area contributed by atoms with Gasteiger partial charge in [0.05, 0.1) is 22.1 Å². The summed E-state index contributed by atoms with van der Waals surface area (Å²) in [5.74, 6) is -1.77. The van der Waals surface area contributed by atoms with Crippen LogP contribution in [-0.2, 0) is 23.1 Å². The third-order valence-electron chi connectivity index (χ3n) is 4.81. The van der Waals surface area contributed by atoms with Gasteiger partial charge in [-0.3, -0.25) is 4.79 Å². The molecule has 3 aromatic carbocycles. The fourth-order valence-corrected chi connectivity index (χ4v) is 4.53. The van der Waals surface area contributed by atoms with Gasteiger partial charge in [-0.2, -0.15) is 9.57 Å². The van der Waals surface area contributed by atoms with Crippen LogP contribution in [0.1, 0.15) is 37.4 Å². The number of hydrogen-bond donors (Lipinski definition) is 2. The highest BCUT2D eigenvalue weighted by Gasteiger charge is 2.26. The average molecular weight is 449 g/mol. The van der Waals surface area contributed by atoms with E-state index in [9.17, 15) is 18.0 Å². The molecule has 162 valence electrons. The number of nitrogens with zero attached hydrogens (tertiary/aromatic N) is 2. The van der Waals surface area contributed by atoms with E-state index in [2.05, 4.69) is 0 Å². The average Bonchev–Trinajstić information content (AvgIpc) is 2.79. The maximum absolute atomic E-state index is 13.4. The fourth-order valence-electron chi connectivity index (χ4n) is 3.12. The molecular formula is C23H19N3O5S. The van der Waals surface area contributed by atoms with E-state index in [0.717, 1.165) is 0 Å². The summed E-state index contributed by atoms with van der Waals surface area (Å²) in [6, 6.07) is 19.7. The van der Waals surface area contributed by atoms with Crippen LogP contribution in [0, 0.1) is 11.3 Å². The fraction of sp³-hybridized carbons (Fsp3) is 0.0870. The number of carbonyl (C=O) groups excluding carboxylic acids is 1. The smallest absolute Gasteiger partial charge is 0.335 e. The number of nitriles is 1. The van der Waals surface area contributed by atoms with Crippen molar-refractivity contribution in [2.24, 2.45) is 5.73 Å². The molecule has 0 radical (unpaired) electrons. The van der Waals surface area contributed by atoms with Crippen LogP contribution >= 0.6 is 0 Å². The molecule has 0 saturated heterocycles. The molecular weight excluding hydrogens is 430 g/mol. The van der Waals surface area contributed by atoms with Crippen molar-refractivity contribution >= 4 is 21.9 Å². The summed E-state index contributed by atoms with van der Waals surface area (Å²) < 4.78 is 28.0. The van der Waals surface area contributed by atoms with Gasteiger partial charge in [-0.05, 0) is 53.6 Å². The molecule has 0 bridgehead atoms. The van der Waals surface area contributed by atoms with Gasteiger partial charge in [0.25, 0.3) is 0 Å². The Kier molecular flexibility index (Phi) is 6.68. The molecule has 0 fully saturated rings. The second-order valence-corrected chi connectivity index (χ2v) is 8.87. The second-order valence-electron chi connectivity index (χ2n) is 6.93. The van der Waals surface area contributed by atoms with E-state index in [1.165, 1.54) is 58.9 Å². The van der Waals surface area contributed by atoms with Gasteiger partial charge >= 0.3 is 5.97 Å². The van der Waals surface area contributed by atoms with Crippen LogP contribution in [0.4, 0.5) is 0 Å². The third kappa shape index (κ3) is 5.00. The normalized spacial score (nSPS) is 11.1. The van der Waals surface area contributed by atoms with Gasteiger partial charge in [-0.15, -0.1) is 0 Å². The van der Waals surface area contributed by atoms with Crippen molar-refractivity contribution in [3.05, 3.63) is 101 Å². The first-order valence-electron chi connectivity index (χ1n) is 9.42. The summed E-state index contributed by atoms with van der Waals surface area (Å²) >= 11 is 0. The van der Waals surface area contributed by atoms with Crippen molar-refractivity contribution in [2.45, 2.75) is 18.0 Å². The highest BCUT2D eigenvalue weighted by molar-refractivity contribution is 7.89. The lowest BCUT2D eigenvalue weighted by Crippen LogP contribution is -2.31. The van der Waals surface area contributed by atoms with Crippen molar-refractivity contribution in [1.82, 2.24) is 4.31 Å². The van der Waals surface area contributed by atoms with Gasteiger partial charge in [0.1, 0.15) is 0 Å². The maximum atomic E-state index is 13.4. The number of carbonyl (C=O) groups is 2. The van der Waals surface area contributed by atoms with Gasteiger partial charge in [-0.25, -0.2) is 13.2 Å². The molecule has 0 spiro atoms. The minimum atomic E-state index is -4.04. The molecule has 0 saturated carbocycles. The Labute approximate surface area is 185 Å². The van der Waals surface area contributed by atoms with Crippen LogP contribution < -0.4 is 5.73 Å². The Balaban J connectivity index is 2.03. The second kappa shape index (κ2) is 9.43. The number of hydrogen-bond acceptors (Lipinski definition) is 5. The Morgan fingerprint density at radius 1 is 0.938 bits per heavy atom. The van der Waals surface area contributed by atoms with E-state index in [4.69, 9.17) is 16.1 Å². The highest BCUT2D eigenvalue weighted by atomic mass is 32.2. The van der Waals surface area contributed by atoms with E-state index in [1.54, 1.807) is 18.2 Å². The summed E-state index contributed by atoms with van der Waals surface area (Å²) in [7, 11) is -4.04. The van der Waals surface area contributed by atoms with Gasteiger partial charge in [-0.1, -0.05) is 30.3 Å². The van der Waals surface area contributed by atoms with Crippen LogP contribution in [0.15, 0.2) is 77.7 Å². The molecule has 0 aliphatic heterocycles. The molecule has 0 heterocycles.